The fourth-order valence-corrected chi connectivity index (χ4v) is 5.29. The maximum Gasteiger partial charge on any atom is 0.237 e. The summed E-state index contributed by atoms with van der Waals surface area (Å²) < 4.78 is 62.6. The molecule has 1 aromatic carbocycles. The van der Waals surface area contributed by atoms with Crippen LogP contribution < -0.4 is 20.1 Å². The van der Waals surface area contributed by atoms with Crippen LogP contribution in [0.1, 0.15) is 18.4 Å². The van der Waals surface area contributed by atoms with Crippen LogP contribution in [0.25, 0.3) is 11.3 Å². The number of pyridine rings is 2. The van der Waals surface area contributed by atoms with Crippen LogP contribution in [0.3, 0.4) is 0 Å². The highest BCUT2D eigenvalue weighted by atomic mass is 32.2. The number of piperidine rings is 1. The van der Waals surface area contributed by atoms with E-state index in [9.17, 15) is 17.2 Å². The summed E-state index contributed by atoms with van der Waals surface area (Å²) in [4.78, 5) is 16.8. The summed E-state index contributed by atoms with van der Waals surface area (Å²) in [6.07, 6.45) is 7.95. The molecular weight excluding hydrogens is 528 g/mol. The predicted octanol–water partition coefficient (Wildman–Crippen LogP) is 4.11. The predicted molar refractivity (Wildman–Crippen MR) is 142 cm³/mol. The van der Waals surface area contributed by atoms with Gasteiger partial charge >= 0.3 is 0 Å². The number of sulfonamides is 1. The van der Waals surface area contributed by atoms with Gasteiger partial charge in [0.25, 0.3) is 0 Å². The first kappa shape index (κ1) is 26.4. The number of halogens is 2. The number of anilines is 2. The van der Waals surface area contributed by atoms with Crippen LogP contribution >= 0.6 is 0 Å². The molecule has 0 bridgehead atoms. The lowest BCUT2D eigenvalue weighted by Gasteiger charge is -2.23. The van der Waals surface area contributed by atoms with Gasteiger partial charge in [-0.05, 0) is 67.4 Å². The normalized spacial score (nSPS) is 15.5. The number of hydrogen-bond donors (Lipinski definition) is 3. The largest absolute Gasteiger partial charge is 0.435 e. The monoisotopic (exact) mass is 553 g/mol. The summed E-state index contributed by atoms with van der Waals surface area (Å²) >= 11 is 0. The third kappa shape index (κ3) is 6.62. The molecule has 3 aromatic heterocycles. The SMILES string of the molecule is O=S(=O)(Cc1ccncc1)Nc1ccc(Oc2ncccc2-c2ccnc(N[C@H]3CCCNC3)n2)c(F)c1F. The lowest BCUT2D eigenvalue weighted by molar-refractivity contribution is 0.407. The molecule has 5 rings (SSSR count). The van der Waals surface area contributed by atoms with Crippen LogP contribution in [0.4, 0.5) is 20.4 Å². The first-order chi connectivity index (χ1) is 18.9. The molecule has 1 aliphatic heterocycles. The zero-order chi connectivity index (χ0) is 27.2. The van der Waals surface area contributed by atoms with Gasteiger partial charge in [0.1, 0.15) is 0 Å². The highest BCUT2D eigenvalue weighted by molar-refractivity contribution is 7.91. The molecule has 3 N–H and O–H groups in total. The second-order valence-electron chi connectivity index (χ2n) is 8.87. The van der Waals surface area contributed by atoms with Crippen molar-refractivity contribution >= 4 is 21.7 Å². The standard InChI is InChI=1S/C26H25F2N7O3S/c27-23-21(35-39(36,37)16-17-7-12-29-13-8-17)5-6-22(24(23)28)38-25-19(4-2-11-31-25)20-9-14-32-26(34-20)33-18-3-1-10-30-15-18/h2,4-9,11-14,18,30,35H,1,3,10,15-16H2,(H,32,33,34)/t18-/m0/s1. The highest BCUT2D eigenvalue weighted by Gasteiger charge is 2.21. The molecule has 13 heteroatoms. The topological polar surface area (TPSA) is 131 Å². The van der Waals surface area contributed by atoms with Crippen molar-refractivity contribution in [3.05, 3.63) is 84.4 Å². The van der Waals surface area contributed by atoms with E-state index in [4.69, 9.17) is 4.74 Å². The lowest BCUT2D eigenvalue weighted by Crippen LogP contribution is -2.38. The van der Waals surface area contributed by atoms with Crippen LogP contribution in [0.2, 0.25) is 0 Å². The maximum absolute atomic E-state index is 15.0. The first-order valence-corrected chi connectivity index (χ1v) is 13.8. The molecule has 4 aromatic rings. The van der Waals surface area contributed by atoms with Crippen LogP contribution in [0.5, 0.6) is 11.6 Å². The third-order valence-electron chi connectivity index (χ3n) is 5.96. The summed E-state index contributed by atoms with van der Waals surface area (Å²) in [5.41, 5.74) is 0.811. The molecule has 202 valence electrons. The van der Waals surface area contributed by atoms with Gasteiger partial charge in [0.05, 0.1) is 22.7 Å². The first-order valence-electron chi connectivity index (χ1n) is 12.2. The van der Waals surface area contributed by atoms with Crippen molar-refractivity contribution in [2.75, 3.05) is 23.1 Å². The minimum absolute atomic E-state index is 0.00852. The van der Waals surface area contributed by atoms with Crippen molar-refractivity contribution in [1.29, 1.82) is 0 Å². The summed E-state index contributed by atoms with van der Waals surface area (Å²) in [6.45, 7) is 1.78. The Kier molecular flexibility index (Phi) is 7.89. The number of nitrogens with one attached hydrogen (secondary N) is 3. The molecule has 4 heterocycles. The average molecular weight is 554 g/mol. The number of aromatic nitrogens is 4. The quantitative estimate of drug-likeness (QED) is 0.280. The van der Waals surface area contributed by atoms with Gasteiger partial charge in [-0.25, -0.2) is 27.8 Å². The molecule has 0 amide bonds. The molecule has 1 saturated heterocycles. The summed E-state index contributed by atoms with van der Waals surface area (Å²) in [5, 5.41) is 6.62. The van der Waals surface area contributed by atoms with Crippen molar-refractivity contribution in [2.24, 2.45) is 0 Å². The Hall–Kier alpha value is -4.23. The van der Waals surface area contributed by atoms with Crippen LogP contribution in [-0.4, -0.2) is 47.5 Å². The van der Waals surface area contributed by atoms with E-state index in [0.29, 0.717) is 22.8 Å². The molecule has 0 saturated carbocycles. The molecule has 1 aliphatic rings. The lowest BCUT2D eigenvalue weighted by atomic mass is 10.1. The molecule has 0 unspecified atom stereocenters. The summed E-state index contributed by atoms with van der Waals surface area (Å²) in [5.74, 6) is -3.25. The molecule has 0 aliphatic carbocycles. The number of hydrogen-bond acceptors (Lipinski definition) is 9. The van der Waals surface area contributed by atoms with Gasteiger partial charge < -0.3 is 15.4 Å². The molecule has 0 radical (unpaired) electrons. The van der Waals surface area contributed by atoms with Gasteiger partial charge in [-0.1, -0.05) is 0 Å². The van der Waals surface area contributed by atoms with Gasteiger partial charge in [-0.2, -0.15) is 4.39 Å². The van der Waals surface area contributed by atoms with E-state index in [-0.39, 0.29) is 11.9 Å². The fourth-order valence-electron chi connectivity index (χ4n) is 4.10. The highest BCUT2D eigenvalue weighted by Crippen LogP contribution is 2.34. The Bertz CT molecular complexity index is 1550. The van der Waals surface area contributed by atoms with E-state index in [1.165, 1.54) is 30.7 Å². The molecule has 0 spiro atoms. The Morgan fingerprint density at radius 3 is 2.64 bits per heavy atom. The van der Waals surface area contributed by atoms with E-state index < -0.39 is 38.8 Å². The second-order valence-corrected chi connectivity index (χ2v) is 10.6. The van der Waals surface area contributed by atoms with Crippen molar-refractivity contribution in [3.63, 3.8) is 0 Å². The Morgan fingerprint density at radius 1 is 1.00 bits per heavy atom. The van der Waals surface area contributed by atoms with Gasteiger partial charge in [0.2, 0.25) is 27.7 Å². The van der Waals surface area contributed by atoms with E-state index in [2.05, 4.69) is 35.3 Å². The molecule has 1 atom stereocenters. The van der Waals surface area contributed by atoms with Gasteiger partial charge in [-0.3, -0.25) is 9.71 Å². The van der Waals surface area contributed by atoms with E-state index in [0.717, 1.165) is 38.1 Å². The van der Waals surface area contributed by atoms with Crippen molar-refractivity contribution in [2.45, 2.75) is 24.6 Å². The number of benzene rings is 1. The van der Waals surface area contributed by atoms with Crippen molar-refractivity contribution in [3.8, 4) is 22.9 Å². The summed E-state index contributed by atoms with van der Waals surface area (Å²) in [7, 11) is -4.02. The van der Waals surface area contributed by atoms with E-state index >= 15 is 0 Å². The van der Waals surface area contributed by atoms with Crippen LogP contribution in [0.15, 0.2) is 67.3 Å². The third-order valence-corrected chi connectivity index (χ3v) is 7.20. The van der Waals surface area contributed by atoms with Crippen LogP contribution in [0, 0.1) is 11.6 Å². The van der Waals surface area contributed by atoms with E-state index in [1.807, 2.05) is 0 Å². The summed E-state index contributed by atoms with van der Waals surface area (Å²) in [6, 6.07) is 10.5. The Labute approximate surface area is 224 Å². The number of rotatable bonds is 9. The van der Waals surface area contributed by atoms with Gasteiger partial charge in [-0.15, -0.1) is 0 Å². The van der Waals surface area contributed by atoms with E-state index in [1.54, 1.807) is 24.4 Å². The van der Waals surface area contributed by atoms with Gasteiger partial charge in [0.15, 0.2) is 11.6 Å². The number of ether oxygens (including phenoxy) is 1. The number of nitrogens with zero attached hydrogens (tertiary/aromatic N) is 4. The minimum atomic E-state index is -4.02. The second kappa shape index (κ2) is 11.7. The van der Waals surface area contributed by atoms with Gasteiger partial charge in [0, 0.05) is 37.4 Å². The van der Waals surface area contributed by atoms with Crippen molar-refractivity contribution < 1.29 is 21.9 Å². The molecule has 39 heavy (non-hydrogen) atoms. The van der Waals surface area contributed by atoms with Crippen LogP contribution in [-0.2, 0) is 15.8 Å². The zero-order valence-corrected chi connectivity index (χ0v) is 21.5. The fraction of sp³-hybridized carbons (Fsp3) is 0.231. The minimum Gasteiger partial charge on any atom is -0.435 e. The van der Waals surface area contributed by atoms with Crippen molar-refractivity contribution in [1.82, 2.24) is 25.3 Å². The zero-order valence-electron chi connectivity index (χ0n) is 20.6. The smallest absolute Gasteiger partial charge is 0.237 e. The average Bonchev–Trinajstić information content (AvgIpc) is 2.94. The Balaban J connectivity index is 1.35. The molecule has 10 nitrogen and oxygen atoms in total. The maximum atomic E-state index is 15.0. The molecular formula is C26H25F2N7O3S. The molecule has 1 fully saturated rings. The Morgan fingerprint density at radius 2 is 1.85 bits per heavy atom.